The number of hydrogen-bond acceptors (Lipinski definition) is 3. The van der Waals surface area contributed by atoms with Crippen LogP contribution in [0.25, 0.3) is 0 Å². The Kier molecular flexibility index (Phi) is 5.17. The van der Waals surface area contributed by atoms with Gasteiger partial charge in [-0.2, -0.15) is 0 Å². The number of nitrogens with zero attached hydrogens (tertiary/aromatic N) is 1. The zero-order valence-corrected chi connectivity index (χ0v) is 11.2. The second-order valence-corrected chi connectivity index (χ2v) is 4.90. The van der Waals surface area contributed by atoms with E-state index in [2.05, 4.69) is 42.2 Å². The van der Waals surface area contributed by atoms with E-state index in [0.717, 1.165) is 26.1 Å². The van der Waals surface area contributed by atoms with Gasteiger partial charge < -0.3 is 10.5 Å². The summed E-state index contributed by atoms with van der Waals surface area (Å²) in [7, 11) is 0. The summed E-state index contributed by atoms with van der Waals surface area (Å²) in [6.07, 6.45) is 2.63. The van der Waals surface area contributed by atoms with Crippen LogP contribution in [0.2, 0.25) is 0 Å². The van der Waals surface area contributed by atoms with E-state index in [1.54, 1.807) is 0 Å². The van der Waals surface area contributed by atoms with E-state index in [-0.39, 0.29) is 0 Å². The zero-order valence-electron chi connectivity index (χ0n) is 11.2. The molecule has 0 aliphatic carbocycles. The fourth-order valence-corrected chi connectivity index (χ4v) is 2.72. The summed E-state index contributed by atoms with van der Waals surface area (Å²) in [6, 6.07) is 10.9. The van der Waals surface area contributed by atoms with Gasteiger partial charge in [-0.3, -0.25) is 4.90 Å². The largest absolute Gasteiger partial charge is 0.377 e. The van der Waals surface area contributed by atoms with Gasteiger partial charge in [-0.05, 0) is 24.9 Å². The molecule has 0 spiro atoms. The first-order chi connectivity index (χ1) is 8.85. The van der Waals surface area contributed by atoms with Crippen molar-refractivity contribution < 1.29 is 4.74 Å². The van der Waals surface area contributed by atoms with Gasteiger partial charge in [0.05, 0.1) is 6.10 Å². The number of ether oxygens (including phenoxy) is 1. The number of likely N-dealkylation sites (N-methyl/N-ethyl adjacent to an activating group) is 1. The maximum atomic E-state index is 5.96. The Hall–Kier alpha value is -0.900. The van der Waals surface area contributed by atoms with Crippen LogP contribution in [-0.4, -0.2) is 36.7 Å². The van der Waals surface area contributed by atoms with Gasteiger partial charge in [-0.15, -0.1) is 0 Å². The first-order valence-corrected chi connectivity index (χ1v) is 6.94. The van der Waals surface area contributed by atoms with E-state index in [0.29, 0.717) is 18.7 Å². The van der Waals surface area contributed by atoms with Gasteiger partial charge in [0.15, 0.2) is 0 Å². The Morgan fingerprint density at radius 2 is 2.17 bits per heavy atom. The highest BCUT2D eigenvalue weighted by atomic mass is 16.5. The van der Waals surface area contributed by atoms with E-state index in [4.69, 9.17) is 10.5 Å². The lowest BCUT2D eigenvalue weighted by Gasteiger charge is -2.33. The number of rotatable bonds is 6. The molecule has 2 unspecified atom stereocenters. The first-order valence-electron chi connectivity index (χ1n) is 6.94. The highest BCUT2D eigenvalue weighted by Crippen LogP contribution is 2.20. The van der Waals surface area contributed by atoms with E-state index >= 15 is 0 Å². The summed E-state index contributed by atoms with van der Waals surface area (Å²) < 4.78 is 5.80. The minimum absolute atomic E-state index is 0.318. The van der Waals surface area contributed by atoms with Crippen LogP contribution >= 0.6 is 0 Å². The molecule has 100 valence electrons. The van der Waals surface area contributed by atoms with Crippen molar-refractivity contribution in [2.24, 2.45) is 5.73 Å². The Balaban J connectivity index is 2.01. The van der Waals surface area contributed by atoms with Crippen molar-refractivity contribution in [1.29, 1.82) is 0 Å². The van der Waals surface area contributed by atoms with Gasteiger partial charge >= 0.3 is 0 Å². The van der Waals surface area contributed by atoms with E-state index < -0.39 is 0 Å². The molecule has 3 nitrogen and oxygen atoms in total. The topological polar surface area (TPSA) is 38.5 Å². The monoisotopic (exact) mass is 248 g/mol. The minimum atomic E-state index is 0.318. The molecule has 1 aromatic rings. The van der Waals surface area contributed by atoms with Crippen LogP contribution in [0, 0.1) is 0 Å². The Morgan fingerprint density at radius 3 is 2.72 bits per heavy atom. The Labute approximate surface area is 110 Å². The van der Waals surface area contributed by atoms with Crippen LogP contribution in [-0.2, 0) is 11.3 Å². The van der Waals surface area contributed by atoms with Crippen molar-refractivity contribution in [3.8, 4) is 0 Å². The van der Waals surface area contributed by atoms with E-state index in [1.165, 1.54) is 12.0 Å². The van der Waals surface area contributed by atoms with Gasteiger partial charge in [0.2, 0.25) is 0 Å². The summed E-state index contributed by atoms with van der Waals surface area (Å²) in [4.78, 5) is 2.44. The van der Waals surface area contributed by atoms with Crippen LogP contribution in [0.15, 0.2) is 30.3 Å². The Morgan fingerprint density at radius 1 is 1.39 bits per heavy atom. The highest BCUT2D eigenvalue weighted by Gasteiger charge is 2.29. The molecule has 0 amide bonds. The molecule has 1 saturated heterocycles. The third-order valence-electron chi connectivity index (χ3n) is 3.74. The zero-order chi connectivity index (χ0) is 12.8. The molecule has 1 heterocycles. The predicted molar refractivity (Wildman–Crippen MR) is 74.3 cm³/mol. The molecular formula is C15H24N2O. The van der Waals surface area contributed by atoms with Crippen LogP contribution < -0.4 is 5.73 Å². The number of hydrogen-bond donors (Lipinski definition) is 1. The fourth-order valence-electron chi connectivity index (χ4n) is 2.72. The van der Waals surface area contributed by atoms with Crippen molar-refractivity contribution in [2.45, 2.75) is 38.5 Å². The van der Waals surface area contributed by atoms with Crippen LogP contribution in [0.4, 0.5) is 0 Å². The maximum absolute atomic E-state index is 5.96. The van der Waals surface area contributed by atoms with Gasteiger partial charge in [-0.25, -0.2) is 0 Å². The van der Waals surface area contributed by atoms with Crippen molar-refractivity contribution in [2.75, 3.05) is 19.7 Å². The second kappa shape index (κ2) is 6.88. The Bertz CT molecular complexity index is 336. The summed E-state index contributed by atoms with van der Waals surface area (Å²) in [6.45, 7) is 5.73. The predicted octanol–water partition coefficient (Wildman–Crippen LogP) is 2.01. The summed E-state index contributed by atoms with van der Waals surface area (Å²) >= 11 is 0. The molecule has 1 aliphatic rings. The van der Waals surface area contributed by atoms with Gasteiger partial charge in [0.25, 0.3) is 0 Å². The average Bonchev–Trinajstić information content (AvgIpc) is 2.93. The van der Waals surface area contributed by atoms with Crippen LogP contribution in [0.3, 0.4) is 0 Å². The highest BCUT2D eigenvalue weighted by molar-refractivity contribution is 5.14. The number of nitrogens with two attached hydrogens (primary N) is 1. The molecule has 1 fully saturated rings. The van der Waals surface area contributed by atoms with E-state index in [1.807, 2.05) is 0 Å². The quantitative estimate of drug-likeness (QED) is 0.837. The molecule has 18 heavy (non-hydrogen) atoms. The molecule has 2 rings (SSSR count). The average molecular weight is 248 g/mol. The lowest BCUT2D eigenvalue weighted by molar-refractivity contribution is 0.0259. The van der Waals surface area contributed by atoms with Crippen LogP contribution in [0.5, 0.6) is 0 Å². The minimum Gasteiger partial charge on any atom is -0.377 e. The second-order valence-electron chi connectivity index (χ2n) is 4.90. The summed E-state index contributed by atoms with van der Waals surface area (Å²) in [5.41, 5.74) is 7.30. The van der Waals surface area contributed by atoms with Gasteiger partial charge in [-0.1, -0.05) is 37.3 Å². The molecule has 0 aromatic heterocycles. The standard InChI is InChI=1S/C15H24N2O/c1-2-17(12-13-7-4-3-5-8-13)14(11-16)15-9-6-10-18-15/h3-5,7-8,14-15H,2,6,9-12,16H2,1H3. The lowest BCUT2D eigenvalue weighted by Crippen LogP contribution is -2.47. The molecule has 1 aromatic carbocycles. The normalized spacial score (nSPS) is 21.4. The van der Waals surface area contributed by atoms with Crippen molar-refractivity contribution in [3.63, 3.8) is 0 Å². The third kappa shape index (κ3) is 3.31. The molecule has 0 bridgehead atoms. The van der Waals surface area contributed by atoms with E-state index in [9.17, 15) is 0 Å². The van der Waals surface area contributed by atoms with Crippen LogP contribution in [0.1, 0.15) is 25.3 Å². The lowest BCUT2D eigenvalue weighted by atomic mass is 10.1. The summed E-state index contributed by atoms with van der Waals surface area (Å²) in [5.74, 6) is 0. The smallest absolute Gasteiger partial charge is 0.0743 e. The molecule has 3 heteroatoms. The van der Waals surface area contributed by atoms with Crippen molar-refractivity contribution in [3.05, 3.63) is 35.9 Å². The SMILES string of the molecule is CCN(Cc1ccccc1)C(CN)C1CCCO1. The third-order valence-corrected chi connectivity index (χ3v) is 3.74. The first kappa shape index (κ1) is 13.5. The fraction of sp³-hybridized carbons (Fsp3) is 0.600. The van der Waals surface area contributed by atoms with Crippen molar-refractivity contribution in [1.82, 2.24) is 4.90 Å². The molecule has 0 radical (unpaired) electrons. The molecule has 2 N–H and O–H groups in total. The van der Waals surface area contributed by atoms with Gasteiger partial charge in [0, 0.05) is 25.7 Å². The molecule has 1 aliphatic heterocycles. The molecular weight excluding hydrogens is 224 g/mol. The number of benzene rings is 1. The maximum Gasteiger partial charge on any atom is 0.0743 e. The summed E-state index contributed by atoms with van der Waals surface area (Å²) in [5, 5.41) is 0. The molecule has 0 saturated carbocycles. The van der Waals surface area contributed by atoms with Crippen molar-refractivity contribution >= 4 is 0 Å². The van der Waals surface area contributed by atoms with Gasteiger partial charge in [0.1, 0.15) is 0 Å². The molecule has 2 atom stereocenters.